The van der Waals surface area contributed by atoms with Crippen LogP contribution in [0.5, 0.6) is 0 Å². The highest BCUT2D eigenvalue weighted by Crippen LogP contribution is 2.35. The van der Waals surface area contributed by atoms with Gasteiger partial charge in [0.25, 0.3) is 0 Å². The number of allylic oxidation sites excluding steroid dienone is 4. The fourth-order valence-electron chi connectivity index (χ4n) is 3.22. The molecule has 0 amide bonds. The molecule has 3 heteroatoms. The number of benzene rings is 1. The van der Waals surface area contributed by atoms with E-state index in [9.17, 15) is 0 Å². The minimum Gasteiger partial charge on any atom is -0.401 e. The lowest BCUT2D eigenvalue weighted by Crippen LogP contribution is -2.24. The van der Waals surface area contributed by atoms with Crippen molar-refractivity contribution in [3.8, 4) is 0 Å². The monoisotopic (exact) mass is 307 g/mol. The predicted molar refractivity (Wildman–Crippen MR) is 97.0 cm³/mol. The van der Waals surface area contributed by atoms with Gasteiger partial charge >= 0.3 is 0 Å². The zero-order valence-corrected chi connectivity index (χ0v) is 13.6. The van der Waals surface area contributed by atoms with Crippen LogP contribution >= 0.6 is 0 Å². The third-order valence-electron chi connectivity index (χ3n) is 4.41. The van der Waals surface area contributed by atoms with Crippen molar-refractivity contribution in [2.45, 2.75) is 25.3 Å². The van der Waals surface area contributed by atoms with Gasteiger partial charge in [-0.15, -0.1) is 0 Å². The summed E-state index contributed by atoms with van der Waals surface area (Å²) in [6.45, 7) is 3.71. The molecule has 2 unspecified atom stereocenters. The number of aryl methyl sites for hydroxylation is 1. The van der Waals surface area contributed by atoms with Crippen molar-refractivity contribution >= 4 is 0 Å². The molecule has 0 bridgehead atoms. The van der Waals surface area contributed by atoms with Gasteiger partial charge in [0.2, 0.25) is 0 Å². The van der Waals surface area contributed by atoms with Crippen molar-refractivity contribution in [1.29, 1.82) is 0 Å². The zero-order chi connectivity index (χ0) is 16.2. The van der Waals surface area contributed by atoms with E-state index in [1.54, 1.807) is 0 Å². The van der Waals surface area contributed by atoms with Gasteiger partial charge < -0.3 is 16.8 Å². The molecule has 2 aliphatic rings. The Kier molecular flexibility index (Phi) is 4.79. The number of rotatable bonds is 3. The van der Waals surface area contributed by atoms with E-state index in [0.717, 1.165) is 25.2 Å². The van der Waals surface area contributed by atoms with E-state index in [-0.39, 0.29) is 12.0 Å². The SMILES string of the molecule is Cc1cccc(C(C2=CCC(N)C=C2)C2=CC=C(N)CNC2)c1. The molecule has 1 aliphatic heterocycles. The van der Waals surface area contributed by atoms with Gasteiger partial charge in [0.15, 0.2) is 0 Å². The Labute approximate surface area is 138 Å². The summed E-state index contributed by atoms with van der Waals surface area (Å²) in [4.78, 5) is 0. The lowest BCUT2D eigenvalue weighted by atomic mass is 9.81. The molecule has 3 nitrogen and oxygen atoms in total. The first-order chi connectivity index (χ1) is 11.1. The van der Waals surface area contributed by atoms with Gasteiger partial charge in [-0.3, -0.25) is 0 Å². The molecule has 0 aromatic heterocycles. The molecule has 5 N–H and O–H groups in total. The van der Waals surface area contributed by atoms with Gasteiger partial charge in [-0.2, -0.15) is 0 Å². The molecule has 120 valence electrons. The molecular formula is C20H25N3. The zero-order valence-electron chi connectivity index (χ0n) is 13.6. The number of hydrogen-bond donors (Lipinski definition) is 3. The molecule has 1 aromatic carbocycles. The van der Waals surface area contributed by atoms with E-state index in [1.807, 2.05) is 6.08 Å². The molecule has 3 rings (SSSR count). The highest BCUT2D eigenvalue weighted by molar-refractivity contribution is 5.47. The van der Waals surface area contributed by atoms with E-state index in [0.29, 0.717) is 0 Å². The first-order valence-electron chi connectivity index (χ1n) is 8.19. The van der Waals surface area contributed by atoms with Crippen molar-refractivity contribution < 1.29 is 0 Å². The molecule has 0 spiro atoms. The van der Waals surface area contributed by atoms with Crippen molar-refractivity contribution in [2.24, 2.45) is 11.5 Å². The summed E-state index contributed by atoms with van der Waals surface area (Å²) in [6.07, 6.45) is 11.7. The number of nitrogens with one attached hydrogen (secondary N) is 1. The highest BCUT2D eigenvalue weighted by atomic mass is 14.9. The Morgan fingerprint density at radius 1 is 1.22 bits per heavy atom. The maximum absolute atomic E-state index is 6.00. The van der Waals surface area contributed by atoms with Crippen LogP contribution in [0.25, 0.3) is 0 Å². The van der Waals surface area contributed by atoms with Crippen molar-refractivity contribution in [2.75, 3.05) is 13.1 Å². The third-order valence-corrected chi connectivity index (χ3v) is 4.41. The van der Waals surface area contributed by atoms with Crippen molar-refractivity contribution in [1.82, 2.24) is 5.32 Å². The van der Waals surface area contributed by atoms with E-state index in [2.05, 4.69) is 60.8 Å². The molecule has 1 heterocycles. The first kappa shape index (κ1) is 15.8. The third kappa shape index (κ3) is 3.81. The number of nitrogens with two attached hydrogens (primary N) is 2. The molecular weight excluding hydrogens is 282 g/mol. The van der Waals surface area contributed by atoms with E-state index in [4.69, 9.17) is 11.5 Å². The quantitative estimate of drug-likeness (QED) is 0.804. The van der Waals surface area contributed by atoms with Crippen LogP contribution in [0.2, 0.25) is 0 Å². The summed E-state index contributed by atoms with van der Waals surface area (Å²) >= 11 is 0. The lowest BCUT2D eigenvalue weighted by molar-refractivity contribution is 0.744. The number of hydrogen-bond acceptors (Lipinski definition) is 3. The van der Waals surface area contributed by atoms with Crippen molar-refractivity contribution in [3.63, 3.8) is 0 Å². The Bertz CT molecular complexity index is 695. The summed E-state index contributed by atoms with van der Waals surface area (Å²) in [5, 5.41) is 3.42. The van der Waals surface area contributed by atoms with Crippen LogP contribution in [0.15, 0.2) is 71.5 Å². The molecule has 1 aromatic rings. The lowest BCUT2D eigenvalue weighted by Gasteiger charge is -2.25. The summed E-state index contributed by atoms with van der Waals surface area (Å²) in [5.74, 6) is 0.244. The summed E-state index contributed by atoms with van der Waals surface area (Å²) in [6, 6.07) is 8.88. The van der Waals surface area contributed by atoms with Gasteiger partial charge in [-0.25, -0.2) is 0 Å². The molecule has 1 aliphatic carbocycles. The summed E-state index contributed by atoms with van der Waals surface area (Å²) in [7, 11) is 0. The second kappa shape index (κ2) is 6.99. The summed E-state index contributed by atoms with van der Waals surface area (Å²) < 4.78 is 0. The molecule has 0 fully saturated rings. The van der Waals surface area contributed by atoms with Crippen molar-refractivity contribution in [3.05, 3.63) is 82.6 Å². The summed E-state index contributed by atoms with van der Waals surface area (Å²) in [5.41, 5.74) is 18.1. The molecule has 0 saturated heterocycles. The minimum absolute atomic E-state index is 0.133. The van der Waals surface area contributed by atoms with Gasteiger partial charge in [-0.05, 0) is 36.1 Å². The van der Waals surface area contributed by atoms with Crippen LogP contribution in [-0.4, -0.2) is 19.1 Å². The van der Waals surface area contributed by atoms with Gasteiger partial charge in [-0.1, -0.05) is 54.1 Å². The van der Waals surface area contributed by atoms with Crippen LogP contribution in [0.1, 0.15) is 23.5 Å². The molecule has 2 atom stereocenters. The molecule has 0 saturated carbocycles. The first-order valence-corrected chi connectivity index (χ1v) is 8.19. The average Bonchev–Trinajstić information content (AvgIpc) is 2.75. The standard InChI is InChI=1S/C20H25N3/c1-14-3-2-4-16(11-14)20(15-5-8-18(21)9-6-15)17-7-10-19(22)13-23-12-17/h2-8,10-11,18,20,23H,9,12-13,21-22H2,1H3. The second-order valence-corrected chi connectivity index (χ2v) is 6.40. The Morgan fingerprint density at radius 3 is 2.83 bits per heavy atom. The Hall–Kier alpha value is -2.10. The smallest absolute Gasteiger partial charge is 0.0354 e. The van der Waals surface area contributed by atoms with Gasteiger partial charge in [0, 0.05) is 30.7 Å². The van der Waals surface area contributed by atoms with E-state index in [1.165, 1.54) is 22.3 Å². The average molecular weight is 307 g/mol. The van der Waals surface area contributed by atoms with Crippen LogP contribution in [0.4, 0.5) is 0 Å². The predicted octanol–water partition coefficient (Wildman–Crippen LogP) is 2.66. The van der Waals surface area contributed by atoms with Gasteiger partial charge in [0.05, 0.1) is 0 Å². The Balaban J connectivity index is 2.02. The minimum atomic E-state index is 0.133. The van der Waals surface area contributed by atoms with Crippen LogP contribution in [-0.2, 0) is 0 Å². The maximum Gasteiger partial charge on any atom is 0.0354 e. The highest BCUT2D eigenvalue weighted by Gasteiger charge is 2.22. The normalized spacial score (nSPS) is 22.7. The fourth-order valence-corrected chi connectivity index (χ4v) is 3.22. The maximum atomic E-state index is 6.00. The van der Waals surface area contributed by atoms with Crippen LogP contribution in [0.3, 0.4) is 0 Å². The Morgan fingerprint density at radius 2 is 2.09 bits per heavy atom. The largest absolute Gasteiger partial charge is 0.401 e. The fraction of sp³-hybridized carbons (Fsp3) is 0.300. The topological polar surface area (TPSA) is 64.1 Å². The molecule has 0 radical (unpaired) electrons. The molecule has 23 heavy (non-hydrogen) atoms. The van der Waals surface area contributed by atoms with Crippen LogP contribution < -0.4 is 16.8 Å². The second-order valence-electron chi connectivity index (χ2n) is 6.40. The van der Waals surface area contributed by atoms with Gasteiger partial charge in [0.1, 0.15) is 0 Å². The van der Waals surface area contributed by atoms with E-state index >= 15 is 0 Å². The van der Waals surface area contributed by atoms with Crippen LogP contribution in [0, 0.1) is 6.92 Å². The van der Waals surface area contributed by atoms with E-state index < -0.39 is 0 Å².